The lowest BCUT2D eigenvalue weighted by molar-refractivity contribution is -0.142. The largest absolute Gasteiger partial charge is 0.481 e. The van der Waals surface area contributed by atoms with Crippen molar-refractivity contribution in [1.82, 2.24) is 4.90 Å². The molecule has 0 saturated carbocycles. The van der Waals surface area contributed by atoms with Gasteiger partial charge < -0.3 is 15.0 Å². The number of nitrogens with one attached hydrogen (secondary N) is 1. The highest BCUT2D eigenvalue weighted by Gasteiger charge is 2.36. The minimum Gasteiger partial charge on any atom is -0.481 e. The van der Waals surface area contributed by atoms with Crippen LogP contribution in [0.4, 0.5) is 10.1 Å². The molecule has 2 amide bonds. The van der Waals surface area contributed by atoms with Crippen molar-refractivity contribution in [3.63, 3.8) is 0 Å². The van der Waals surface area contributed by atoms with Gasteiger partial charge in [0.15, 0.2) is 6.10 Å². The Balaban J connectivity index is 1.75. The normalized spacial score (nSPS) is 16.8. The van der Waals surface area contributed by atoms with Crippen molar-refractivity contribution in [2.45, 2.75) is 19.1 Å². The van der Waals surface area contributed by atoms with Gasteiger partial charge in [-0.25, -0.2) is 4.39 Å². The van der Waals surface area contributed by atoms with Crippen molar-refractivity contribution < 1.29 is 18.7 Å². The molecule has 1 aliphatic rings. The van der Waals surface area contributed by atoms with E-state index in [9.17, 15) is 14.0 Å². The maximum atomic E-state index is 14.1. The fraction of sp³-hybridized carbons (Fsp3) is 0.167. The number of hydrogen-bond acceptors (Lipinski definition) is 3. The fourth-order valence-corrected chi connectivity index (χ4v) is 3.66. The minimum absolute atomic E-state index is 0.169. The average molecular weight is 404 g/mol. The second-order valence-electron chi connectivity index (χ2n) is 7.13. The van der Waals surface area contributed by atoms with Gasteiger partial charge >= 0.3 is 0 Å². The van der Waals surface area contributed by atoms with E-state index < -0.39 is 18.0 Å². The predicted molar refractivity (Wildman–Crippen MR) is 112 cm³/mol. The number of amides is 2. The Kier molecular flexibility index (Phi) is 5.48. The van der Waals surface area contributed by atoms with Gasteiger partial charge in [0.25, 0.3) is 5.91 Å². The zero-order valence-electron chi connectivity index (χ0n) is 16.4. The number of halogens is 1. The lowest BCUT2D eigenvalue weighted by atomic mass is 9.95. The molecule has 3 aromatic rings. The molecule has 0 aromatic heterocycles. The van der Waals surface area contributed by atoms with E-state index in [0.717, 1.165) is 5.56 Å². The molecule has 0 aliphatic carbocycles. The molecule has 1 N–H and O–H groups in total. The third-order valence-electron chi connectivity index (χ3n) is 5.01. The van der Waals surface area contributed by atoms with Crippen LogP contribution in [0.1, 0.15) is 24.1 Å². The maximum absolute atomic E-state index is 14.1. The number of benzene rings is 3. The zero-order valence-corrected chi connectivity index (χ0v) is 16.4. The average Bonchev–Trinajstić information content (AvgIpc) is 2.90. The molecule has 5 nitrogen and oxygen atoms in total. The van der Waals surface area contributed by atoms with Gasteiger partial charge in [-0.05, 0) is 42.8 Å². The number of carbonyl (C=O) groups is 2. The van der Waals surface area contributed by atoms with Crippen LogP contribution in [0.3, 0.4) is 0 Å². The van der Waals surface area contributed by atoms with Crippen LogP contribution in [0.15, 0.2) is 78.9 Å². The second-order valence-corrected chi connectivity index (χ2v) is 7.13. The van der Waals surface area contributed by atoms with Crippen LogP contribution < -0.4 is 10.1 Å². The number of fused-ring (bicyclic) bond motifs is 1. The number of nitrogens with zero attached hydrogens (tertiary/aromatic N) is 1. The van der Waals surface area contributed by atoms with Gasteiger partial charge in [0.05, 0.1) is 6.04 Å². The first kappa shape index (κ1) is 19.6. The topological polar surface area (TPSA) is 58.6 Å². The summed E-state index contributed by atoms with van der Waals surface area (Å²) in [4.78, 5) is 27.4. The fourth-order valence-electron chi connectivity index (χ4n) is 3.66. The van der Waals surface area contributed by atoms with Crippen molar-refractivity contribution in [3.05, 3.63) is 95.8 Å². The molecular weight excluding hydrogens is 383 g/mol. The van der Waals surface area contributed by atoms with Crippen LogP contribution >= 0.6 is 0 Å². The van der Waals surface area contributed by atoms with E-state index in [0.29, 0.717) is 17.0 Å². The highest BCUT2D eigenvalue weighted by Crippen LogP contribution is 2.36. The van der Waals surface area contributed by atoms with E-state index >= 15 is 0 Å². The summed E-state index contributed by atoms with van der Waals surface area (Å²) in [6, 6.07) is 21.8. The van der Waals surface area contributed by atoms with Gasteiger partial charge in [-0.3, -0.25) is 9.59 Å². The van der Waals surface area contributed by atoms with E-state index in [1.54, 1.807) is 19.1 Å². The highest BCUT2D eigenvalue weighted by molar-refractivity contribution is 5.97. The molecule has 4 rings (SSSR count). The van der Waals surface area contributed by atoms with Crippen molar-refractivity contribution in [2.75, 3.05) is 11.9 Å². The number of rotatable bonds is 4. The van der Waals surface area contributed by atoms with Crippen LogP contribution in [-0.2, 0) is 9.59 Å². The van der Waals surface area contributed by atoms with E-state index in [-0.39, 0.29) is 18.4 Å². The first-order chi connectivity index (χ1) is 14.5. The molecule has 0 saturated heterocycles. The molecule has 1 heterocycles. The van der Waals surface area contributed by atoms with Crippen molar-refractivity contribution in [2.24, 2.45) is 0 Å². The molecule has 6 heteroatoms. The Morgan fingerprint density at radius 2 is 1.73 bits per heavy atom. The van der Waals surface area contributed by atoms with Gasteiger partial charge in [0.2, 0.25) is 5.91 Å². The van der Waals surface area contributed by atoms with Gasteiger partial charge in [-0.2, -0.15) is 0 Å². The smallest absolute Gasteiger partial charge is 0.264 e. The third kappa shape index (κ3) is 4.03. The van der Waals surface area contributed by atoms with Gasteiger partial charge in [0.1, 0.15) is 18.1 Å². The number of para-hydroxylation sites is 1. The van der Waals surface area contributed by atoms with E-state index in [1.165, 1.54) is 23.1 Å². The van der Waals surface area contributed by atoms with Crippen molar-refractivity contribution in [1.29, 1.82) is 0 Å². The van der Waals surface area contributed by atoms with Gasteiger partial charge in [-0.15, -0.1) is 0 Å². The molecule has 1 aliphatic heterocycles. The molecule has 0 radical (unpaired) electrons. The summed E-state index contributed by atoms with van der Waals surface area (Å²) in [7, 11) is 0. The first-order valence-electron chi connectivity index (χ1n) is 9.69. The SMILES string of the molecule is C[C@H](Oc1ccccc1)C(=O)N1CC(=O)Nc2ccc(F)cc2[C@H]1c1ccccc1. The summed E-state index contributed by atoms with van der Waals surface area (Å²) in [6.45, 7) is 1.48. The van der Waals surface area contributed by atoms with E-state index in [4.69, 9.17) is 4.74 Å². The number of ether oxygens (including phenoxy) is 1. The van der Waals surface area contributed by atoms with Crippen LogP contribution in [0.25, 0.3) is 0 Å². The third-order valence-corrected chi connectivity index (χ3v) is 5.01. The zero-order chi connectivity index (χ0) is 21.1. The molecule has 152 valence electrons. The molecular formula is C24H21FN2O3. The summed E-state index contributed by atoms with van der Waals surface area (Å²) in [5.41, 5.74) is 1.79. The number of anilines is 1. The van der Waals surface area contributed by atoms with Crippen LogP contribution in [0.5, 0.6) is 5.75 Å². The summed E-state index contributed by atoms with van der Waals surface area (Å²) in [5.74, 6) is -0.589. The Bertz CT molecular complexity index is 1060. The summed E-state index contributed by atoms with van der Waals surface area (Å²) in [5, 5.41) is 2.78. The Labute approximate surface area is 174 Å². The summed E-state index contributed by atoms with van der Waals surface area (Å²) >= 11 is 0. The highest BCUT2D eigenvalue weighted by atomic mass is 19.1. The van der Waals surface area contributed by atoms with E-state index in [2.05, 4.69) is 5.32 Å². The van der Waals surface area contributed by atoms with Crippen LogP contribution in [-0.4, -0.2) is 29.4 Å². The van der Waals surface area contributed by atoms with Crippen LogP contribution in [0, 0.1) is 5.82 Å². The second kappa shape index (κ2) is 8.37. The minimum atomic E-state index is -0.832. The predicted octanol–water partition coefficient (Wildman–Crippen LogP) is 4.16. The molecule has 30 heavy (non-hydrogen) atoms. The quantitative estimate of drug-likeness (QED) is 0.710. The summed E-state index contributed by atoms with van der Waals surface area (Å²) < 4.78 is 20.0. The molecule has 3 aromatic carbocycles. The maximum Gasteiger partial charge on any atom is 0.264 e. The lowest BCUT2D eigenvalue weighted by Gasteiger charge is -2.32. The Morgan fingerprint density at radius 1 is 1.07 bits per heavy atom. The van der Waals surface area contributed by atoms with Crippen molar-refractivity contribution in [3.8, 4) is 5.75 Å². The number of carbonyl (C=O) groups excluding carboxylic acids is 2. The monoisotopic (exact) mass is 404 g/mol. The van der Waals surface area contributed by atoms with Crippen molar-refractivity contribution >= 4 is 17.5 Å². The van der Waals surface area contributed by atoms with Crippen LogP contribution in [0.2, 0.25) is 0 Å². The Hall–Kier alpha value is -3.67. The van der Waals surface area contributed by atoms with Gasteiger partial charge in [0, 0.05) is 11.3 Å². The standard InChI is InChI=1S/C24H21FN2O3/c1-16(30-19-10-6-3-7-11-19)24(29)27-15-22(28)26-21-13-12-18(25)14-20(21)23(27)17-8-4-2-5-9-17/h2-14,16,23H,15H2,1H3,(H,26,28)/t16-,23+/m0/s1. The molecule has 2 atom stereocenters. The molecule has 0 bridgehead atoms. The summed E-state index contributed by atoms with van der Waals surface area (Å²) in [6.07, 6.45) is -0.832. The Morgan fingerprint density at radius 3 is 2.43 bits per heavy atom. The molecule has 0 spiro atoms. The first-order valence-corrected chi connectivity index (χ1v) is 9.69. The molecule has 0 unspecified atom stereocenters. The van der Waals surface area contributed by atoms with E-state index in [1.807, 2.05) is 48.5 Å². The number of hydrogen-bond donors (Lipinski definition) is 1. The van der Waals surface area contributed by atoms with Gasteiger partial charge in [-0.1, -0.05) is 48.5 Å². The molecule has 0 fully saturated rings. The lowest BCUT2D eigenvalue weighted by Crippen LogP contribution is -2.45.